The average Bonchev–Trinajstić information content (AvgIpc) is 2.75. The van der Waals surface area contributed by atoms with E-state index >= 15 is 0 Å². The van der Waals surface area contributed by atoms with Gasteiger partial charge in [-0.3, -0.25) is 14.6 Å². The van der Waals surface area contributed by atoms with Gasteiger partial charge in [-0.2, -0.15) is 0 Å². The third-order valence-corrected chi connectivity index (χ3v) is 4.58. The number of halogens is 1. The molecule has 148 valence electrons. The number of pyridine rings is 1. The Morgan fingerprint density at radius 1 is 0.862 bits per heavy atom. The van der Waals surface area contributed by atoms with Gasteiger partial charge in [0, 0.05) is 34.6 Å². The minimum absolute atomic E-state index is 0.301. The molecule has 0 saturated carbocycles. The minimum atomic E-state index is -0.342. The van der Waals surface area contributed by atoms with Crippen molar-refractivity contribution in [2.45, 2.75) is 0 Å². The zero-order chi connectivity index (χ0) is 20.8. The van der Waals surface area contributed by atoms with Crippen molar-refractivity contribution in [1.82, 2.24) is 4.98 Å². The fourth-order valence-corrected chi connectivity index (χ4v) is 2.84. The summed E-state index contributed by atoms with van der Waals surface area (Å²) in [5, 5.41) is 5.57. The van der Waals surface area contributed by atoms with E-state index in [2.05, 4.69) is 31.5 Å². The first-order valence-corrected chi connectivity index (χ1v) is 9.35. The summed E-state index contributed by atoms with van der Waals surface area (Å²) in [6.07, 6.45) is 3.05. The summed E-state index contributed by atoms with van der Waals surface area (Å²) in [6, 6.07) is 13.5. The van der Waals surface area contributed by atoms with Gasteiger partial charge in [0.1, 0.15) is 11.5 Å². The van der Waals surface area contributed by atoms with Crippen LogP contribution in [0, 0.1) is 0 Å². The van der Waals surface area contributed by atoms with Gasteiger partial charge >= 0.3 is 0 Å². The highest BCUT2D eigenvalue weighted by atomic mass is 79.9. The lowest BCUT2D eigenvalue weighted by Crippen LogP contribution is -2.15. The van der Waals surface area contributed by atoms with Crippen LogP contribution in [0.4, 0.5) is 11.4 Å². The Balaban J connectivity index is 1.86. The van der Waals surface area contributed by atoms with Crippen LogP contribution >= 0.6 is 15.9 Å². The molecule has 0 unspecified atom stereocenters. The molecule has 0 saturated heterocycles. The van der Waals surface area contributed by atoms with Crippen molar-refractivity contribution < 1.29 is 19.1 Å². The summed E-state index contributed by atoms with van der Waals surface area (Å²) in [6.45, 7) is 0. The standard InChI is InChI=1S/C21H18BrN3O4/c1-28-18-11-17(25-21(27)14-4-3-9-23-12-14)19(29-2)10-16(18)24-20(26)13-5-7-15(22)8-6-13/h3-12H,1-2H3,(H,24,26)(H,25,27). The summed E-state index contributed by atoms with van der Waals surface area (Å²) < 4.78 is 11.6. The molecule has 2 amide bonds. The van der Waals surface area contributed by atoms with E-state index in [9.17, 15) is 9.59 Å². The van der Waals surface area contributed by atoms with Crippen molar-refractivity contribution in [3.05, 3.63) is 76.5 Å². The van der Waals surface area contributed by atoms with Gasteiger partial charge in [-0.25, -0.2) is 0 Å². The van der Waals surface area contributed by atoms with E-state index in [1.165, 1.54) is 20.4 Å². The van der Waals surface area contributed by atoms with E-state index in [0.29, 0.717) is 34.0 Å². The predicted molar refractivity (Wildman–Crippen MR) is 114 cm³/mol. The largest absolute Gasteiger partial charge is 0.494 e. The summed E-state index contributed by atoms with van der Waals surface area (Å²) in [4.78, 5) is 28.9. The summed E-state index contributed by atoms with van der Waals surface area (Å²) in [7, 11) is 2.95. The highest BCUT2D eigenvalue weighted by Gasteiger charge is 2.17. The van der Waals surface area contributed by atoms with Gasteiger partial charge < -0.3 is 20.1 Å². The van der Waals surface area contributed by atoms with Crippen LogP contribution in [0.5, 0.6) is 11.5 Å². The number of anilines is 2. The van der Waals surface area contributed by atoms with Crippen molar-refractivity contribution in [2.24, 2.45) is 0 Å². The molecule has 2 N–H and O–H groups in total. The molecule has 3 aromatic rings. The van der Waals surface area contributed by atoms with Crippen LogP contribution in [-0.2, 0) is 0 Å². The molecule has 0 spiro atoms. The van der Waals surface area contributed by atoms with Crippen molar-refractivity contribution in [1.29, 1.82) is 0 Å². The molecule has 1 aromatic heterocycles. The number of carbonyl (C=O) groups is 2. The third kappa shape index (κ3) is 4.91. The zero-order valence-corrected chi connectivity index (χ0v) is 17.3. The van der Waals surface area contributed by atoms with Crippen LogP contribution in [0.25, 0.3) is 0 Å². The second-order valence-electron chi connectivity index (χ2n) is 5.91. The van der Waals surface area contributed by atoms with Gasteiger partial charge in [0.05, 0.1) is 31.2 Å². The van der Waals surface area contributed by atoms with E-state index in [0.717, 1.165) is 4.47 Å². The normalized spacial score (nSPS) is 10.2. The molecule has 0 aliphatic carbocycles. The fraction of sp³-hybridized carbons (Fsp3) is 0.0952. The molecule has 1 heterocycles. The van der Waals surface area contributed by atoms with Crippen LogP contribution in [0.3, 0.4) is 0 Å². The Morgan fingerprint density at radius 2 is 1.41 bits per heavy atom. The highest BCUT2D eigenvalue weighted by molar-refractivity contribution is 9.10. The number of aromatic nitrogens is 1. The number of benzene rings is 2. The van der Waals surface area contributed by atoms with Crippen molar-refractivity contribution in [3.8, 4) is 11.5 Å². The number of carbonyl (C=O) groups excluding carboxylic acids is 2. The molecule has 0 bridgehead atoms. The first-order chi connectivity index (χ1) is 14.0. The van der Waals surface area contributed by atoms with Gasteiger partial charge in [-0.15, -0.1) is 0 Å². The van der Waals surface area contributed by atoms with E-state index < -0.39 is 0 Å². The topological polar surface area (TPSA) is 89.6 Å². The second-order valence-corrected chi connectivity index (χ2v) is 6.83. The number of rotatable bonds is 6. The van der Waals surface area contributed by atoms with E-state index in [1.807, 2.05) is 0 Å². The number of hydrogen-bond donors (Lipinski definition) is 2. The molecular weight excluding hydrogens is 438 g/mol. The lowest BCUT2D eigenvalue weighted by Gasteiger charge is -2.16. The number of hydrogen-bond acceptors (Lipinski definition) is 5. The molecule has 3 rings (SSSR count). The summed E-state index contributed by atoms with van der Waals surface area (Å²) >= 11 is 3.34. The average molecular weight is 456 g/mol. The lowest BCUT2D eigenvalue weighted by atomic mass is 10.2. The third-order valence-electron chi connectivity index (χ3n) is 4.05. The van der Waals surface area contributed by atoms with E-state index in [1.54, 1.807) is 54.7 Å². The van der Waals surface area contributed by atoms with E-state index in [-0.39, 0.29) is 11.8 Å². The molecule has 0 aliphatic heterocycles. The van der Waals surface area contributed by atoms with Crippen LogP contribution < -0.4 is 20.1 Å². The Labute approximate surface area is 176 Å². The summed E-state index contributed by atoms with van der Waals surface area (Å²) in [5.74, 6) is 0.0991. The first-order valence-electron chi connectivity index (χ1n) is 8.56. The minimum Gasteiger partial charge on any atom is -0.494 e. The van der Waals surface area contributed by atoms with Gasteiger partial charge in [0.25, 0.3) is 11.8 Å². The molecular formula is C21H18BrN3O4. The fourth-order valence-electron chi connectivity index (χ4n) is 2.58. The first kappa shape index (κ1) is 20.3. The molecule has 2 aromatic carbocycles. The van der Waals surface area contributed by atoms with Crippen LogP contribution in [0.2, 0.25) is 0 Å². The maximum Gasteiger partial charge on any atom is 0.257 e. The zero-order valence-electron chi connectivity index (χ0n) is 15.7. The molecule has 0 radical (unpaired) electrons. The van der Waals surface area contributed by atoms with Gasteiger partial charge in [-0.05, 0) is 36.4 Å². The van der Waals surface area contributed by atoms with E-state index in [4.69, 9.17) is 9.47 Å². The van der Waals surface area contributed by atoms with Crippen LogP contribution in [-0.4, -0.2) is 31.0 Å². The smallest absolute Gasteiger partial charge is 0.257 e. The maximum absolute atomic E-state index is 12.5. The van der Waals surface area contributed by atoms with Crippen molar-refractivity contribution >= 4 is 39.1 Å². The Kier molecular flexibility index (Phi) is 6.46. The number of nitrogens with zero attached hydrogens (tertiary/aromatic N) is 1. The molecule has 8 heteroatoms. The van der Waals surface area contributed by atoms with Crippen LogP contribution in [0.1, 0.15) is 20.7 Å². The molecule has 7 nitrogen and oxygen atoms in total. The molecule has 29 heavy (non-hydrogen) atoms. The monoisotopic (exact) mass is 455 g/mol. The Morgan fingerprint density at radius 3 is 1.90 bits per heavy atom. The Bertz CT molecular complexity index is 1020. The Hall–Kier alpha value is -3.39. The summed E-state index contributed by atoms with van der Waals surface area (Å²) in [5.41, 5.74) is 1.71. The second kappa shape index (κ2) is 9.20. The highest BCUT2D eigenvalue weighted by Crippen LogP contribution is 2.37. The molecule has 0 atom stereocenters. The predicted octanol–water partition coefficient (Wildman–Crippen LogP) is 4.37. The molecule has 0 aliphatic rings. The number of amides is 2. The maximum atomic E-state index is 12.5. The lowest BCUT2D eigenvalue weighted by molar-refractivity contribution is 0.101. The SMILES string of the molecule is COc1cc(NC(=O)c2cccnc2)c(OC)cc1NC(=O)c1ccc(Br)cc1. The van der Waals surface area contributed by atoms with Crippen molar-refractivity contribution in [3.63, 3.8) is 0 Å². The van der Waals surface area contributed by atoms with Gasteiger partial charge in [-0.1, -0.05) is 15.9 Å². The van der Waals surface area contributed by atoms with Gasteiger partial charge in [0.2, 0.25) is 0 Å². The van der Waals surface area contributed by atoms with Gasteiger partial charge in [0.15, 0.2) is 0 Å². The molecule has 0 fully saturated rings. The number of methoxy groups -OCH3 is 2. The number of ether oxygens (including phenoxy) is 2. The van der Waals surface area contributed by atoms with Crippen LogP contribution in [0.15, 0.2) is 65.4 Å². The number of nitrogens with one attached hydrogen (secondary N) is 2. The van der Waals surface area contributed by atoms with Crippen molar-refractivity contribution in [2.75, 3.05) is 24.9 Å². The quantitative estimate of drug-likeness (QED) is 0.575.